The molecule has 5 heteroatoms. The number of amides is 1. The van der Waals surface area contributed by atoms with Crippen molar-refractivity contribution in [2.24, 2.45) is 5.92 Å². The Labute approximate surface area is 130 Å². The number of carbonyl (C=O) groups is 1. The Morgan fingerprint density at radius 3 is 2.57 bits per heavy atom. The van der Waals surface area contributed by atoms with Gasteiger partial charge in [0.15, 0.2) is 8.32 Å². The molecule has 2 aliphatic heterocycles. The van der Waals surface area contributed by atoms with Crippen LogP contribution in [0.4, 0.5) is 0 Å². The van der Waals surface area contributed by atoms with Gasteiger partial charge in [0.05, 0.1) is 6.10 Å². The van der Waals surface area contributed by atoms with Crippen molar-refractivity contribution in [2.45, 2.75) is 70.3 Å². The van der Waals surface area contributed by atoms with E-state index in [1.807, 2.05) is 11.9 Å². The fourth-order valence-corrected chi connectivity index (χ4v) is 4.45. The average Bonchev–Trinajstić information content (AvgIpc) is 2.79. The molecule has 4 nitrogen and oxygen atoms in total. The van der Waals surface area contributed by atoms with Gasteiger partial charge in [-0.05, 0) is 36.9 Å². The quantitative estimate of drug-likeness (QED) is 0.815. The molecule has 2 fully saturated rings. The van der Waals surface area contributed by atoms with E-state index in [9.17, 15) is 4.79 Å². The number of nitrogens with one attached hydrogen (secondary N) is 1. The van der Waals surface area contributed by atoms with Gasteiger partial charge >= 0.3 is 0 Å². The van der Waals surface area contributed by atoms with Gasteiger partial charge < -0.3 is 14.6 Å². The number of carbonyl (C=O) groups excluding carboxylic acids is 1. The fraction of sp³-hybridized carbons (Fsp3) is 0.938. The molecule has 0 aliphatic carbocycles. The minimum Gasteiger partial charge on any atom is -0.413 e. The van der Waals surface area contributed by atoms with E-state index < -0.39 is 8.32 Å². The lowest BCUT2D eigenvalue weighted by molar-refractivity contribution is -0.133. The molecule has 0 aromatic rings. The summed E-state index contributed by atoms with van der Waals surface area (Å²) in [7, 11) is 0.218. The van der Waals surface area contributed by atoms with Gasteiger partial charge in [0.1, 0.15) is 0 Å². The number of piperidine rings is 1. The molecule has 0 spiro atoms. The van der Waals surface area contributed by atoms with E-state index in [0.717, 1.165) is 25.9 Å². The van der Waals surface area contributed by atoms with Crippen LogP contribution in [-0.2, 0) is 9.22 Å². The van der Waals surface area contributed by atoms with Gasteiger partial charge in [-0.3, -0.25) is 4.79 Å². The first kappa shape index (κ1) is 17.0. The molecule has 0 saturated carbocycles. The standard InChI is InChI=1S/C16H32N2O2Si/c1-16(2,3)21(5,6)20-13-10-14(17-11-13)12-7-8-18(4)15(19)9-12/h12-14,17H,7-11H2,1-6H3/t12?,13-,14+/m1/s1. The highest BCUT2D eigenvalue weighted by molar-refractivity contribution is 6.74. The lowest BCUT2D eigenvalue weighted by atomic mass is 9.88. The molecule has 21 heavy (non-hydrogen) atoms. The maximum absolute atomic E-state index is 11.9. The third kappa shape index (κ3) is 3.87. The summed E-state index contributed by atoms with van der Waals surface area (Å²) in [5, 5.41) is 3.87. The molecule has 2 heterocycles. The van der Waals surface area contributed by atoms with Crippen LogP contribution in [0.2, 0.25) is 18.1 Å². The van der Waals surface area contributed by atoms with Gasteiger partial charge in [0.25, 0.3) is 0 Å². The van der Waals surface area contributed by atoms with Crippen LogP contribution in [0.1, 0.15) is 40.0 Å². The SMILES string of the molecule is CN1CCC([C@@H]2C[C@@H](O[Si](C)(C)C(C)(C)C)CN2)CC1=O. The molecule has 2 aliphatic rings. The minimum absolute atomic E-state index is 0.259. The zero-order valence-corrected chi connectivity index (χ0v) is 15.5. The number of hydrogen-bond donors (Lipinski definition) is 1. The van der Waals surface area contributed by atoms with Crippen LogP contribution in [0.3, 0.4) is 0 Å². The number of likely N-dealkylation sites (tertiary alicyclic amines) is 1. The molecular formula is C16H32N2O2Si. The third-order valence-corrected chi connectivity index (χ3v) is 10.2. The highest BCUT2D eigenvalue weighted by Gasteiger charge is 2.42. The Morgan fingerprint density at radius 2 is 2.00 bits per heavy atom. The second-order valence-corrected chi connectivity index (χ2v) is 13.1. The molecule has 2 saturated heterocycles. The van der Waals surface area contributed by atoms with Crippen molar-refractivity contribution in [3.05, 3.63) is 0 Å². The zero-order valence-electron chi connectivity index (χ0n) is 14.5. The van der Waals surface area contributed by atoms with Crippen LogP contribution < -0.4 is 5.32 Å². The van der Waals surface area contributed by atoms with E-state index in [1.165, 1.54) is 0 Å². The first-order valence-electron chi connectivity index (χ1n) is 8.25. The lowest BCUT2D eigenvalue weighted by Gasteiger charge is -2.38. The van der Waals surface area contributed by atoms with Gasteiger partial charge in [-0.15, -0.1) is 0 Å². The van der Waals surface area contributed by atoms with E-state index >= 15 is 0 Å². The van der Waals surface area contributed by atoms with Crippen molar-refractivity contribution in [3.8, 4) is 0 Å². The largest absolute Gasteiger partial charge is 0.413 e. The Balaban J connectivity index is 1.88. The maximum Gasteiger partial charge on any atom is 0.222 e. The normalized spacial score (nSPS) is 31.8. The van der Waals surface area contributed by atoms with Crippen molar-refractivity contribution < 1.29 is 9.22 Å². The van der Waals surface area contributed by atoms with E-state index in [0.29, 0.717) is 30.4 Å². The molecule has 0 radical (unpaired) electrons. The average molecular weight is 313 g/mol. The lowest BCUT2D eigenvalue weighted by Crippen LogP contribution is -2.44. The van der Waals surface area contributed by atoms with Crippen LogP contribution in [0.5, 0.6) is 0 Å². The fourth-order valence-electron chi connectivity index (χ4n) is 3.08. The van der Waals surface area contributed by atoms with E-state index in [4.69, 9.17) is 4.43 Å². The highest BCUT2D eigenvalue weighted by atomic mass is 28.4. The Kier molecular flexibility index (Phi) is 4.86. The maximum atomic E-state index is 11.9. The van der Waals surface area contributed by atoms with E-state index in [-0.39, 0.29) is 5.04 Å². The van der Waals surface area contributed by atoms with Crippen LogP contribution in [0.25, 0.3) is 0 Å². The number of nitrogens with zero attached hydrogens (tertiary/aromatic N) is 1. The molecular weight excluding hydrogens is 280 g/mol. The van der Waals surface area contributed by atoms with Crippen molar-refractivity contribution in [3.63, 3.8) is 0 Å². The van der Waals surface area contributed by atoms with Crippen LogP contribution in [0.15, 0.2) is 0 Å². The zero-order chi connectivity index (χ0) is 15.8. The van der Waals surface area contributed by atoms with Crippen LogP contribution in [0, 0.1) is 5.92 Å². The van der Waals surface area contributed by atoms with Gasteiger partial charge in [-0.25, -0.2) is 0 Å². The van der Waals surface area contributed by atoms with Crippen LogP contribution >= 0.6 is 0 Å². The number of rotatable bonds is 3. The molecule has 0 aromatic carbocycles. The van der Waals surface area contributed by atoms with Crippen LogP contribution in [-0.4, -0.2) is 51.4 Å². The summed E-state index contributed by atoms with van der Waals surface area (Å²) in [5.74, 6) is 0.781. The third-order valence-electron chi connectivity index (χ3n) is 5.66. The van der Waals surface area contributed by atoms with Crippen molar-refractivity contribution in [1.82, 2.24) is 10.2 Å². The van der Waals surface area contributed by atoms with Gasteiger partial charge in [0, 0.05) is 32.6 Å². The summed E-state index contributed by atoms with van der Waals surface area (Å²) in [6, 6.07) is 0.456. The molecule has 0 aromatic heterocycles. The molecule has 122 valence electrons. The van der Waals surface area contributed by atoms with Crippen molar-refractivity contribution in [2.75, 3.05) is 20.1 Å². The van der Waals surface area contributed by atoms with Gasteiger partial charge in [-0.1, -0.05) is 20.8 Å². The monoisotopic (exact) mass is 312 g/mol. The van der Waals surface area contributed by atoms with Crippen molar-refractivity contribution in [1.29, 1.82) is 0 Å². The molecule has 2 rings (SSSR count). The minimum atomic E-state index is -1.69. The highest BCUT2D eigenvalue weighted by Crippen LogP contribution is 2.38. The predicted octanol–water partition coefficient (Wildman–Crippen LogP) is 2.61. The van der Waals surface area contributed by atoms with E-state index in [1.54, 1.807) is 0 Å². The smallest absolute Gasteiger partial charge is 0.222 e. The first-order chi connectivity index (χ1) is 9.60. The molecule has 1 unspecified atom stereocenters. The van der Waals surface area contributed by atoms with Gasteiger partial charge in [-0.2, -0.15) is 0 Å². The Bertz CT molecular complexity index is 392. The molecule has 0 bridgehead atoms. The number of hydrogen-bond acceptors (Lipinski definition) is 3. The van der Waals surface area contributed by atoms with Gasteiger partial charge in [0.2, 0.25) is 5.91 Å². The molecule has 3 atom stereocenters. The summed E-state index contributed by atoms with van der Waals surface area (Å²) < 4.78 is 6.51. The summed E-state index contributed by atoms with van der Waals surface area (Å²) >= 11 is 0. The summed E-state index contributed by atoms with van der Waals surface area (Å²) in [6.45, 7) is 13.3. The Morgan fingerprint density at radius 1 is 1.33 bits per heavy atom. The van der Waals surface area contributed by atoms with Crippen molar-refractivity contribution >= 4 is 14.2 Å². The molecule has 1 amide bonds. The topological polar surface area (TPSA) is 41.6 Å². The molecule has 1 N–H and O–H groups in total. The summed E-state index contributed by atoms with van der Waals surface area (Å²) in [6.07, 6.45) is 3.20. The Hall–Kier alpha value is -0.393. The first-order valence-corrected chi connectivity index (χ1v) is 11.2. The second-order valence-electron chi connectivity index (χ2n) is 8.32. The predicted molar refractivity (Wildman–Crippen MR) is 88.8 cm³/mol. The van der Waals surface area contributed by atoms with E-state index in [2.05, 4.69) is 39.2 Å². The summed E-state index contributed by atoms with van der Waals surface area (Å²) in [5.41, 5.74) is 0. The summed E-state index contributed by atoms with van der Waals surface area (Å²) in [4.78, 5) is 13.7. The second kappa shape index (κ2) is 6.01.